The number of hydrogen-bond acceptors (Lipinski definition) is 2. The van der Waals surface area contributed by atoms with Crippen molar-refractivity contribution in [3.63, 3.8) is 0 Å². The van der Waals surface area contributed by atoms with Gasteiger partial charge in [-0.1, -0.05) is 29.3 Å². The summed E-state index contributed by atoms with van der Waals surface area (Å²) in [7, 11) is 0. The summed E-state index contributed by atoms with van der Waals surface area (Å²) in [6, 6.07) is 5.33. The fraction of sp³-hybridized carbons (Fsp3) is 0.462. The minimum Gasteiger partial charge on any atom is -0.393 e. The Bertz CT molecular complexity index is 423. The van der Waals surface area contributed by atoms with Gasteiger partial charge < -0.3 is 9.90 Å². The maximum absolute atomic E-state index is 11.4. The number of aldehydes is 1. The summed E-state index contributed by atoms with van der Waals surface area (Å²) in [4.78, 5) is 11.4. The lowest BCUT2D eigenvalue weighted by atomic mass is 9.70. The number of benzene rings is 1. The zero-order chi connectivity index (χ0) is 12.5. The molecule has 2 nitrogen and oxygen atoms in total. The summed E-state index contributed by atoms with van der Waals surface area (Å²) >= 11 is 11.9. The van der Waals surface area contributed by atoms with Crippen LogP contribution in [-0.2, 0) is 10.2 Å². The standard InChI is InChI=1S/C13H14Cl2O2/c14-11-2-1-9(7-12(11)15)13(8-16)5-3-10(17)4-6-13/h1-2,7-8,10,17H,3-6H2. The molecule has 0 radical (unpaired) electrons. The molecule has 0 bridgehead atoms. The number of aliphatic hydroxyl groups excluding tert-OH is 1. The maximum atomic E-state index is 11.4. The van der Waals surface area contributed by atoms with Gasteiger partial charge in [0.15, 0.2) is 0 Å². The Hall–Kier alpha value is -0.570. The number of halogens is 2. The summed E-state index contributed by atoms with van der Waals surface area (Å²) in [5.41, 5.74) is 0.391. The van der Waals surface area contributed by atoms with Crippen LogP contribution in [0.4, 0.5) is 0 Å². The molecule has 0 aromatic heterocycles. The lowest BCUT2D eigenvalue weighted by molar-refractivity contribution is -0.114. The van der Waals surface area contributed by atoms with Gasteiger partial charge in [0, 0.05) is 0 Å². The van der Waals surface area contributed by atoms with Crippen LogP contribution in [0.15, 0.2) is 18.2 Å². The molecule has 1 N–H and O–H groups in total. The van der Waals surface area contributed by atoms with Gasteiger partial charge in [-0.2, -0.15) is 0 Å². The predicted octanol–water partition coefficient (Wildman–Crippen LogP) is 3.37. The molecule has 0 amide bonds. The van der Waals surface area contributed by atoms with Gasteiger partial charge in [0.2, 0.25) is 0 Å². The molecule has 1 fully saturated rings. The lowest BCUT2D eigenvalue weighted by Crippen LogP contribution is -2.35. The van der Waals surface area contributed by atoms with Crippen LogP contribution < -0.4 is 0 Å². The first kappa shape index (κ1) is 12.9. The van der Waals surface area contributed by atoms with Crippen molar-refractivity contribution in [2.75, 3.05) is 0 Å². The van der Waals surface area contributed by atoms with E-state index in [1.807, 2.05) is 6.07 Å². The van der Waals surface area contributed by atoms with Crippen molar-refractivity contribution in [2.24, 2.45) is 0 Å². The van der Waals surface area contributed by atoms with Crippen molar-refractivity contribution in [1.82, 2.24) is 0 Å². The molecule has 0 atom stereocenters. The van der Waals surface area contributed by atoms with Gasteiger partial charge in [-0.15, -0.1) is 0 Å². The Morgan fingerprint density at radius 3 is 2.41 bits per heavy atom. The van der Waals surface area contributed by atoms with E-state index < -0.39 is 5.41 Å². The van der Waals surface area contributed by atoms with E-state index in [0.29, 0.717) is 35.7 Å². The second-order valence-electron chi connectivity index (χ2n) is 4.63. The van der Waals surface area contributed by atoms with E-state index in [1.54, 1.807) is 12.1 Å². The molecule has 1 aliphatic rings. The molecule has 1 aliphatic carbocycles. The van der Waals surface area contributed by atoms with E-state index in [-0.39, 0.29) is 6.10 Å². The first-order chi connectivity index (χ1) is 8.07. The fourth-order valence-corrected chi connectivity index (χ4v) is 2.70. The summed E-state index contributed by atoms with van der Waals surface area (Å²) in [6.45, 7) is 0. The topological polar surface area (TPSA) is 37.3 Å². The maximum Gasteiger partial charge on any atom is 0.130 e. The molecule has 1 aromatic rings. The Kier molecular flexibility index (Phi) is 3.76. The molecular formula is C13H14Cl2O2. The first-order valence-electron chi connectivity index (χ1n) is 5.67. The summed E-state index contributed by atoms with van der Waals surface area (Å²) in [6.07, 6.45) is 3.33. The molecule has 1 aromatic carbocycles. The van der Waals surface area contributed by atoms with Gasteiger partial charge >= 0.3 is 0 Å². The zero-order valence-corrected chi connectivity index (χ0v) is 10.8. The van der Waals surface area contributed by atoms with Crippen LogP contribution in [0, 0.1) is 0 Å². The molecule has 0 heterocycles. The van der Waals surface area contributed by atoms with Gasteiger partial charge in [-0.3, -0.25) is 0 Å². The van der Waals surface area contributed by atoms with E-state index in [2.05, 4.69) is 0 Å². The molecule has 0 saturated heterocycles. The van der Waals surface area contributed by atoms with Gasteiger partial charge in [0.25, 0.3) is 0 Å². The highest BCUT2D eigenvalue weighted by Gasteiger charge is 2.36. The fourth-order valence-electron chi connectivity index (χ4n) is 2.40. The monoisotopic (exact) mass is 272 g/mol. The SMILES string of the molecule is O=CC1(c2ccc(Cl)c(Cl)c2)CCC(O)CC1. The average Bonchev–Trinajstić information content (AvgIpc) is 2.34. The van der Waals surface area contributed by atoms with E-state index >= 15 is 0 Å². The quantitative estimate of drug-likeness (QED) is 0.839. The third-order valence-corrected chi connectivity index (χ3v) is 4.31. The van der Waals surface area contributed by atoms with Crippen molar-refractivity contribution >= 4 is 29.5 Å². The van der Waals surface area contributed by atoms with Crippen LogP contribution in [-0.4, -0.2) is 17.5 Å². The highest BCUT2D eigenvalue weighted by molar-refractivity contribution is 6.42. The second kappa shape index (κ2) is 4.97. The van der Waals surface area contributed by atoms with Crippen LogP contribution in [0.2, 0.25) is 10.0 Å². The predicted molar refractivity (Wildman–Crippen MR) is 68.7 cm³/mol. The molecule has 0 spiro atoms. The van der Waals surface area contributed by atoms with E-state index in [0.717, 1.165) is 11.8 Å². The number of carbonyl (C=O) groups excluding carboxylic acids is 1. The summed E-state index contributed by atoms with van der Waals surface area (Å²) < 4.78 is 0. The Balaban J connectivity index is 2.34. The van der Waals surface area contributed by atoms with Crippen molar-refractivity contribution in [3.8, 4) is 0 Å². The first-order valence-corrected chi connectivity index (χ1v) is 6.43. The second-order valence-corrected chi connectivity index (χ2v) is 5.45. The molecule has 1 saturated carbocycles. The summed E-state index contributed by atoms with van der Waals surface area (Å²) in [5, 5.41) is 10.5. The minimum atomic E-state index is -0.506. The van der Waals surface area contributed by atoms with E-state index in [1.165, 1.54) is 0 Å². The molecule has 17 heavy (non-hydrogen) atoms. The van der Waals surface area contributed by atoms with Crippen LogP contribution in [0.25, 0.3) is 0 Å². The largest absolute Gasteiger partial charge is 0.393 e. The van der Waals surface area contributed by atoms with Gasteiger partial charge in [0.1, 0.15) is 6.29 Å². The Morgan fingerprint density at radius 1 is 1.24 bits per heavy atom. The van der Waals surface area contributed by atoms with Crippen molar-refractivity contribution < 1.29 is 9.90 Å². The van der Waals surface area contributed by atoms with Gasteiger partial charge in [-0.05, 0) is 43.4 Å². The van der Waals surface area contributed by atoms with Crippen LogP contribution in [0.5, 0.6) is 0 Å². The molecule has 2 rings (SSSR count). The Morgan fingerprint density at radius 2 is 1.88 bits per heavy atom. The molecule has 92 valence electrons. The zero-order valence-electron chi connectivity index (χ0n) is 9.33. The number of carbonyl (C=O) groups is 1. The highest BCUT2D eigenvalue weighted by Crippen LogP contribution is 2.39. The lowest BCUT2D eigenvalue weighted by Gasteiger charge is -2.34. The smallest absolute Gasteiger partial charge is 0.130 e. The third-order valence-electron chi connectivity index (χ3n) is 3.57. The van der Waals surface area contributed by atoms with Crippen LogP contribution in [0.3, 0.4) is 0 Å². The van der Waals surface area contributed by atoms with Crippen LogP contribution in [0.1, 0.15) is 31.2 Å². The van der Waals surface area contributed by atoms with Gasteiger partial charge in [-0.25, -0.2) is 0 Å². The molecule has 4 heteroatoms. The number of aliphatic hydroxyl groups is 1. The third kappa shape index (κ3) is 2.49. The van der Waals surface area contributed by atoms with E-state index in [4.69, 9.17) is 23.2 Å². The minimum absolute atomic E-state index is 0.286. The Labute approximate surface area is 111 Å². The molecule has 0 unspecified atom stereocenters. The number of rotatable bonds is 2. The van der Waals surface area contributed by atoms with Crippen molar-refractivity contribution in [2.45, 2.75) is 37.2 Å². The summed E-state index contributed by atoms with van der Waals surface area (Å²) in [5.74, 6) is 0. The number of hydrogen-bond donors (Lipinski definition) is 1. The van der Waals surface area contributed by atoms with Crippen molar-refractivity contribution in [3.05, 3.63) is 33.8 Å². The van der Waals surface area contributed by atoms with Gasteiger partial charge in [0.05, 0.1) is 21.6 Å². The van der Waals surface area contributed by atoms with Crippen LogP contribution >= 0.6 is 23.2 Å². The average molecular weight is 273 g/mol. The highest BCUT2D eigenvalue weighted by atomic mass is 35.5. The molecule has 0 aliphatic heterocycles. The van der Waals surface area contributed by atoms with Crippen molar-refractivity contribution in [1.29, 1.82) is 0 Å². The molecular weight excluding hydrogens is 259 g/mol. The normalized spacial score (nSPS) is 29.0. The van der Waals surface area contributed by atoms with E-state index in [9.17, 15) is 9.90 Å².